The van der Waals surface area contributed by atoms with Crippen LogP contribution in [0.1, 0.15) is 19.3 Å². The van der Waals surface area contributed by atoms with E-state index in [1.807, 2.05) is 18.0 Å². The topological polar surface area (TPSA) is 37.8 Å². The molecule has 0 aromatic carbocycles. The molecule has 0 spiro atoms. The van der Waals surface area contributed by atoms with Gasteiger partial charge in [-0.2, -0.15) is 0 Å². The summed E-state index contributed by atoms with van der Waals surface area (Å²) < 4.78 is 2.18. The Morgan fingerprint density at radius 1 is 1.33 bits per heavy atom. The van der Waals surface area contributed by atoms with Crippen molar-refractivity contribution in [1.29, 1.82) is 0 Å². The molecule has 2 unspecified atom stereocenters. The normalized spacial score (nSPS) is 26.0. The van der Waals surface area contributed by atoms with Crippen LogP contribution < -0.4 is 5.32 Å². The Morgan fingerprint density at radius 3 is 2.80 bits per heavy atom. The van der Waals surface area contributed by atoms with E-state index >= 15 is 0 Å². The van der Waals surface area contributed by atoms with Gasteiger partial charge < -0.3 is 5.32 Å². The number of aromatic nitrogens is 2. The lowest BCUT2D eigenvalue weighted by Gasteiger charge is -2.16. The van der Waals surface area contributed by atoms with Gasteiger partial charge in [0.25, 0.3) is 0 Å². The van der Waals surface area contributed by atoms with Gasteiger partial charge in [0.15, 0.2) is 8.68 Å². The van der Waals surface area contributed by atoms with Crippen LogP contribution in [0.4, 0.5) is 0 Å². The van der Waals surface area contributed by atoms with Crippen molar-refractivity contribution in [1.82, 2.24) is 15.5 Å². The lowest BCUT2D eigenvalue weighted by molar-refractivity contribution is 0.591. The van der Waals surface area contributed by atoms with Gasteiger partial charge in [0.1, 0.15) is 0 Å². The first-order valence-electron chi connectivity index (χ1n) is 5.05. The molecule has 1 aromatic rings. The third kappa shape index (κ3) is 2.87. The number of hydrogen-bond donors (Lipinski definition) is 1. The first kappa shape index (κ1) is 11.7. The van der Waals surface area contributed by atoms with Gasteiger partial charge in [-0.05, 0) is 26.1 Å². The molecule has 0 bridgehead atoms. The van der Waals surface area contributed by atoms with Crippen molar-refractivity contribution in [2.24, 2.45) is 0 Å². The van der Waals surface area contributed by atoms with E-state index in [9.17, 15) is 0 Å². The largest absolute Gasteiger partial charge is 0.316 e. The maximum atomic E-state index is 4.20. The number of hydrogen-bond acceptors (Lipinski definition) is 6. The molecule has 84 valence electrons. The summed E-state index contributed by atoms with van der Waals surface area (Å²) in [6.07, 6.45) is 5.96. The Morgan fingerprint density at radius 2 is 2.13 bits per heavy atom. The highest BCUT2D eigenvalue weighted by Crippen LogP contribution is 2.37. The first-order valence-corrected chi connectivity index (χ1v) is 7.97. The Labute approximate surface area is 103 Å². The van der Waals surface area contributed by atoms with Gasteiger partial charge >= 0.3 is 0 Å². The van der Waals surface area contributed by atoms with Gasteiger partial charge in [-0.25, -0.2) is 0 Å². The quantitative estimate of drug-likeness (QED) is 0.843. The van der Waals surface area contributed by atoms with Crippen molar-refractivity contribution in [2.75, 3.05) is 13.3 Å². The van der Waals surface area contributed by atoms with Gasteiger partial charge in [0, 0.05) is 11.3 Å². The maximum absolute atomic E-state index is 4.20. The van der Waals surface area contributed by atoms with Crippen molar-refractivity contribution < 1.29 is 0 Å². The van der Waals surface area contributed by atoms with E-state index in [1.165, 1.54) is 19.3 Å². The molecule has 0 amide bonds. The Bertz CT molecular complexity index is 315. The predicted molar refractivity (Wildman–Crippen MR) is 68.0 cm³/mol. The molecule has 1 heterocycles. The summed E-state index contributed by atoms with van der Waals surface area (Å²) >= 11 is 5.27. The minimum Gasteiger partial charge on any atom is -0.316 e. The van der Waals surface area contributed by atoms with Gasteiger partial charge in [-0.1, -0.05) is 41.3 Å². The number of rotatable bonds is 4. The number of nitrogens with one attached hydrogen (secondary N) is 1. The molecule has 15 heavy (non-hydrogen) atoms. The molecule has 3 nitrogen and oxygen atoms in total. The van der Waals surface area contributed by atoms with Crippen LogP contribution in [-0.2, 0) is 0 Å². The maximum Gasteiger partial charge on any atom is 0.175 e. The zero-order valence-corrected chi connectivity index (χ0v) is 11.3. The summed E-state index contributed by atoms with van der Waals surface area (Å²) in [5, 5.41) is 12.4. The minimum absolute atomic E-state index is 0.650. The van der Waals surface area contributed by atoms with E-state index in [4.69, 9.17) is 0 Å². The second-order valence-electron chi connectivity index (χ2n) is 3.52. The first-order chi connectivity index (χ1) is 7.33. The molecular weight excluding hydrogens is 246 g/mol. The molecule has 1 aliphatic carbocycles. The van der Waals surface area contributed by atoms with Crippen LogP contribution in [0.3, 0.4) is 0 Å². The second kappa shape index (κ2) is 5.52. The fourth-order valence-electron chi connectivity index (χ4n) is 1.85. The van der Waals surface area contributed by atoms with E-state index in [0.717, 1.165) is 8.68 Å². The van der Waals surface area contributed by atoms with Crippen molar-refractivity contribution in [3.63, 3.8) is 0 Å². The molecule has 1 saturated carbocycles. The SMILES string of the molecule is CNC1CCCC1Sc1nnc(SC)s1. The van der Waals surface area contributed by atoms with Gasteiger partial charge in [0.05, 0.1) is 0 Å². The molecule has 6 heteroatoms. The number of thioether (sulfide) groups is 2. The highest BCUT2D eigenvalue weighted by atomic mass is 32.2. The van der Waals surface area contributed by atoms with Crippen molar-refractivity contribution in [3.8, 4) is 0 Å². The molecule has 1 aliphatic rings. The van der Waals surface area contributed by atoms with Crippen LogP contribution in [-0.4, -0.2) is 34.8 Å². The third-order valence-corrected chi connectivity index (χ3v) is 6.02. The fraction of sp³-hybridized carbons (Fsp3) is 0.778. The zero-order chi connectivity index (χ0) is 10.7. The highest BCUT2D eigenvalue weighted by Gasteiger charge is 2.27. The van der Waals surface area contributed by atoms with Crippen LogP contribution in [0.5, 0.6) is 0 Å². The molecule has 2 atom stereocenters. The molecular formula is C9H15N3S3. The summed E-state index contributed by atoms with van der Waals surface area (Å²) in [5.41, 5.74) is 0. The van der Waals surface area contributed by atoms with Crippen molar-refractivity contribution in [3.05, 3.63) is 0 Å². The predicted octanol–water partition coefficient (Wildman–Crippen LogP) is 2.49. The van der Waals surface area contributed by atoms with Crippen molar-refractivity contribution in [2.45, 2.75) is 39.2 Å². The van der Waals surface area contributed by atoms with Gasteiger partial charge in [-0.3, -0.25) is 0 Å². The lowest BCUT2D eigenvalue weighted by atomic mass is 10.2. The summed E-state index contributed by atoms with van der Waals surface area (Å²) in [6.45, 7) is 0. The van der Waals surface area contributed by atoms with E-state index in [0.29, 0.717) is 11.3 Å². The Kier molecular flexibility index (Phi) is 4.30. The summed E-state index contributed by atoms with van der Waals surface area (Å²) in [4.78, 5) is 0. The van der Waals surface area contributed by atoms with Crippen LogP contribution in [0.2, 0.25) is 0 Å². The number of nitrogens with zero attached hydrogens (tertiary/aromatic N) is 2. The van der Waals surface area contributed by atoms with E-state index in [2.05, 4.69) is 22.6 Å². The van der Waals surface area contributed by atoms with E-state index < -0.39 is 0 Å². The fourth-order valence-corrected chi connectivity index (χ4v) is 4.89. The van der Waals surface area contributed by atoms with Crippen LogP contribution in [0.25, 0.3) is 0 Å². The minimum atomic E-state index is 0.650. The molecule has 2 rings (SSSR count). The van der Waals surface area contributed by atoms with Crippen LogP contribution >= 0.6 is 34.9 Å². The average molecular weight is 261 g/mol. The van der Waals surface area contributed by atoms with Crippen LogP contribution in [0.15, 0.2) is 8.68 Å². The molecule has 0 saturated heterocycles. The smallest absolute Gasteiger partial charge is 0.175 e. The summed E-state index contributed by atoms with van der Waals surface area (Å²) in [7, 11) is 2.05. The summed E-state index contributed by atoms with van der Waals surface area (Å²) in [6, 6.07) is 0.650. The Balaban J connectivity index is 1.95. The average Bonchev–Trinajstić information content (AvgIpc) is 2.87. The molecule has 1 aromatic heterocycles. The molecule has 0 aliphatic heterocycles. The van der Waals surface area contributed by atoms with E-state index in [-0.39, 0.29) is 0 Å². The lowest BCUT2D eigenvalue weighted by Crippen LogP contribution is -2.30. The van der Waals surface area contributed by atoms with Crippen LogP contribution in [0, 0.1) is 0 Å². The van der Waals surface area contributed by atoms with Gasteiger partial charge in [-0.15, -0.1) is 10.2 Å². The monoisotopic (exact) mass is 261 g/mol. The molecule has 1 fully saturated rings. The molecule has 0 radical (unpaired) electrons. The van der Waals surface area contributed by atoms with E-state index in [1.54, 1.807) is 23.1 Å². The zero-order valence-electron chi connectivity index (χ0n) is 8.90. The second-order valence-corrected chi connectivity index (χ2v) is 7.04. The summed E-state index contributed by atoms with van der Waals surface area (Å²) in [5.74, 6) is 0. The highest BCUT2D eigenvalue weighted by molar-refractivity contribution is 8.03. The van der Waals surface area contributed by atoms with Crippen molar-refractivity contribution >= 4 is 34.9 Å². The molecule has 1 N–H and O–H groups in total. The standard InChI is InChI=1S/C9H15N3S3/c1-10-6-4-3-5-7(6)14-9-12-11-8(13-2)15-9/h6-7,10H,3-5H2,1-2H3. The Hall–Kier alpha value is 0.220. The third-order valence-electron chi connectivity index (χ3n) is 2.64. The van der Waals surface area contributed by atoms with Gasteiger partial charge in [0.2, 0.25) is 0 Å².